The maximum absolute atomic E-state index is 10.5. The Morgan fingerprint density at radius 1 is 1.33 bits per heavy atom. The van der Waals surface area contributed by atoms with Gasteiger partial charge in [0.1, 0.15) is 0 Å². The van der Waals surface area contributed by atoms with E-state index in [2.05, 4.69) is 26.0 Å². The van der Waals surface area contributed by atoms with Gasteiger partial charge in [0, 0.05) is 21.0 Å². The summed E-state index contributed by atoms with van der Waals surface area (Å²) < 4.78 is 1.70. The van der Waals surface area contributed by atoms with Crippen molar-refractivity contribution in [2.75, 3.05) is 0 Å². The molecule has 1 N–H and O–H groups in total. The molecule has 0 amide bonds. The Hall–Kier alpha value is -1.80. The Kier molecular flexibility index (Phi) is 3.68. The second-order valence-corrected chi connectivity index (χ2v) is 4.28. The molecular weight excluding hydrogens is 304 g/mol. The lowest BCUT2D eigenvalue weighted by Crippen LogP contribution is -2.03. The highest BCUT2D eigenvalue weighted by Gasteiger charge is 2.19. The summed E-state index contributed by atoms with van der Waals surface area (Å²) in [5.41, 5.74) is 1.72. The summed E-state index contributed by atoms with van der Waals surface area (Å²) >= 11 is 3.12. The summed E-state index contributed by atoms with van der Waals surface area (Å²) in [6.07, 6.45) is 0. The van der Waals surface area contributed by atoms with E-state index in [0.29, 0.717) is 11.3 Å². The van der Waals surface area contributed by atoms with Crippen molar-refractivity contribution >= 4 is 21.9 Å². The minimum absolute atomic E-state index is 0.0151. The third-order valence-electron chi connectivity index (χ3n) is 2.32. The van der Waals surface area contributed by atoms with E-state index in [9.17, 15) is 10.1 Å². The molecule has 0 saturated carbocycles. The smallest absolute Gasteiger partial charge is 0.392 e. The minimum atomic E-state index is -0.643. The zero-order valence-electron chi connectivity index (χ0n) is 9.15. The summed E-state index contributed by atoms with van der Waals surface area (Å²) in [6, 6.07) is 7.22. The number of nitro groups is 1. The van der Waals surface area contributed by atoms with Crippen LogP contribution in [0.5, 0.6) is 0 Å². The predicted octanol–water partition coefficient (Wildman–Crippen LogP) is 1.49. The highest BCUT2D eigenvalue weighted by atomic mass is 79.9. The molecule has 1 aromatic heterocycles. The average molecular weight is 313 g/mol. The number of aliphatic hydroxyl groups excluding tert-OH is 1. The standard InChI is InChI=1S/C10H9BrN4O3/c11-9-12-10(15(17)18)13-14(9)5-7-1-3-8(6-16)4-2-7/h1-4,16H,5-6H2. The van der Waals surface area contributed by atoms with E-state index in [1.54, 1.807) is 12.1 Å². The maximum atomic E-state index is 10.5. The van der Waals surface area contributed by atoms with Crippen LogP contribution in [0.15, 0.2) is 29.0 Å². The van der Waals surface area contributed by atoms with Gasteiger partial charge >= 0.3 is 5.95 Å². The fourth-order valence-corrected chi connectivity index (χ4v) is 1.78. The predicted molar refractivity (Wildman–Crippen MR) is 65.8 cm³/mol. The first kappa shape index (κ1) is 12.7. The molecule has 18 heavy (non-hydrogen) atoms. The van der Waals surface area contributed by atoms with Gasteiger partial charge in [-0.2, -0.15) is 4.68 Å². The van der Waals surface area contributed by atoms with Crippen molar-refractivity contribution in [1.82, 2.24) is 14.8 Å². The van der Waals surface area contributed by atoms with Crippen LogP contribution in [0, 0.1) is 10.1 Å². The fraction of sp³-hybridized carbons (Fsp3) is 0.200. The molecule has 1 heterocycles. The average Bonchev–Trinajstić information content (AvgIpc) is 2.72. The van der Waals surface area contributed by atoms with Crippen molar-refractivity contribution in [3.05, 3.63) is 50.2 Å². The van der Waals surface area contributed by atoms with E-state index >= 15 is 0 Å². The van der Waals surface area contributed by atoms with Gasteiger partial charge in [0.15, 0.2) is 0 Å². The normalized spacial score (nSPS) is 10.6. The van der Waals surface area contributed by atoms with Crippen LogP contribution in [0.2, 0.25) is 0 Å². The van der Waals surface area contributed by atoms with E-state index in [-0.39, 0.29) is 6.61 Å². The van der Waals surface area contributed by atoms with E-state index in [1.807, 2.05) is 12.1 Å². The quantitative estimate of drug-likeness (QED) is 0.682. The topological polar surface area (TPSA) is 94.1 Å². The molecule has 0 fully saturated rings. The third-order valence-corrected chi connectivity index (χ3v) is 2.90. The number of hydrogen-bond donors (Lipinski definition) is 1. The van der Waals surface area contributed by atoms with Crippen LogP contribution in [0.3, 0.4) is 0 Å². The molecule has 2 rings (SSSR count). The van der Waals surface area contributed by atoms with Gasteiger partial charge in [-0.25, -0.2) is 0 Å². The number of benzene rings is 1. The molecule has 0 unspecified atom stereocenters. The van der Waals surface area contributed by atoms with Crippen molar-refractivity contribution in [2.45, 2.75) is 13.2 Å². The molecule has 0 bridgehead atoms. The van der Waals surface area contributed by atoms with Gasteiger partial charge in [0.05, 0.1) is 13.2 Å². The molecule has 2 aromatic rings. The summed E-state index contributed by atoms with van der Waals surface area (Å²) in [5, 5.41) is 23.2. The largest absolute Gasteiger partial charge is 0.492 e. The van der Waals surface area contributed by atoms with Crippen LogP contribution < -0.4 is 0 Å². The van der Waals surface area contributed by atoms with Gasteiger partial charge in [-0.3, -0.25) is 0 Å². The van der Waals surface area contributed by atoms with Gasteiger partial charge < -0.3 is 15.2 Å². The number of aliphatic hydroxyl groups is 1. The van der Waals surface area contributed by atoms with Crippen LogP contribution in [-0.4, -0.2) is 24.8 Å². The summed E-state index contributed by atoms with van der Waals surface area (Å²) in [4.78, 5) is 13.5. The number of nitrogens with zero attached hydrogens (tertiary/aromatic N) is 4. The lowest BCUT2D eigenvalue weighted by molar-refractivity contribution is -0.394. The highest BCUT2D eigenvalue weighted by Crippen LogP contribution is 2.14. The van der Waals surface area contributed by atoms with Gasteiger partial charge in [0.2, 0.25) is 0 Å². The molecule has 0 aliphatic carbocycles. The van der Waals surface area contributed by atoms with Crippen molar-refractivity contribution in [3.63, 3.8) is 0 Å². The first-order chi connectivity index (χ1) is 8.60. The Morgan fingerprint density at radius 3 is 2.44 bits per heavy atom. The van der Waals surface area contributed by atoms with E-state index in [0.717, 1.165) is 11.1 Å². The van der Waals surface area contributed by atoms with Gasteiger partial charge in [0.25, 0.3) is 4.73 Å². The van der Waals surface area contributed by atoms with Crippen LogP contribution in [0.1, 0.15) is 11.1 Å². The number of halogens is 1. The van der Waals surface area contributed by atoms with Crippen LogP contribution in [0.25, 0.3) is 0 Å². The zero-order valence-corrected chi connectivity index (χ0v) is 10.7. The summed E-state index contributed by atoms with van der Waals surface area (Å²) in [5.74, 6) is -0.436. The van der Waals surface area contributed by atoms with Crippen LogP contribution in [-0.2, 0) is 13.2 Å². The highest BCUT2D eigenvalue weighted by molar-refractivity contribution is 9.10. The molecule has 8 heteroatoms. The van der Waals surface area contributed by atoms with E-state index in [1.165, 1.54) is 4.68 Å². The molecule has 94 valence electrons. The second-order valence-electron chi connectivity index (χ2n) is 3.57. The number of aromatic nitrogens is 3. The van der Waals surface area contributed by atoms with Crippen LogP contribution >= 0.6 is 15.9 Å². The van der Waals surface area contributed by atoms with Crippen molar-refractivity contribution in [1.29, 1.82) is 0 Å². The molecular formula is C10H9BrN4O3. The molecule has 0 atom stereocenters. The molecule has 0 spiro atoms. The lowest BCUT2D eigenvalue weighted by Gasteiger charge is -2.00. The molecule has 0 saturated heterocycles. The monoisotopic (exact) mass is 312 g/mol. The zero-order chi connectivity index (χ0) is 13.1. The molecule has 0 aliphatic heterocycles. The van der Waals surface area contributed by atoms with Crippen molar-refractivity contribution < 1.29 is 10.0 Å². The summed E-state index contributed by atoms with van der Waals surface area (Å²) in [7, 11) is 0. The van der Waals surface area contributed by atoms with Gasteiger partial charge in [-0.05, 0) is 21.0 Å². The SMILES string of the molecule is O=[N+]([O-])c1nc(Br)n(Cc2ccc(CO)cc2)n1. The molecule has 0 aliphatic rings. The van der Waals surface area contributed by atoms with E-state index < -0.39 is 10.9 Å². The van der Waals surface area contributed by atoms with Crippen LogP contribution in [0.4, 0.5) is 5.95 Å². The summed E-state index contributed by atoms with van der Waals surface area (Å²) in [6.45, 7) is 0.353. The second kappa shape index (κ2) is 5.23. The first-order valence-electron chi connectivity index (χ1n) is 5.03. The van der Waals surface area contributed by atoms with E-state index in [4.69, 9.17) is 5.11 Å². The minimum Gasteiger partial charge on any atom is -0.392 e. The maximum Gasteiger partial charge on any atom is 0.492 e. The molecule has 7 nitrogen and oxygen atoms in total. The fourth-order valence-electron chi connectivity index (χ4n) is 1.41. The molecule has 1 aromatic carbocycles. The third kappa shape index (κ3) is 2.71. The lowest BCUT2D eigenvalue weighted by atomic mass is 10.1. The molecule has 0 radical (unpaired) electrons. The van der Waals surface area contributed by atoms with Crippen molar-refractivity contribution in [3.8, 4) is 0 Å². The Morgan fingerprint density at radius 2 is 1.94 bits per heavy atom. The van der Waals surface area contributed by atoms with Crippen molar-refractivity contribution in [2.24, 2.45) is 0 Å². The first-order valence-corrected chi connectivity index (χ1v) is 5.83. The Balaban J connectivity index is 2.19. The van der Waals surface area contributed by atoms with Gasteiger partial charge in [-0.1, -0.05) is 24.3 Å². The Bertz CT molecular complexity index is 567. The number of rotatable bonds is 4. The van der Waals surface area contributed by atoms with Gasteiger partial charge in [-0.15, -0.1) is 0 Å². The number of hydrogen-bond acceptors (Lipinski definition) is 5. The Labute approximate surface area is 110 Å².